The van der Waals surface area contributed by atoms with Crippen LogP contribution < -0.4 is 10.1 Å². The number of hydrogen-bond acceptors (Lipinski definition) is 4. The van der Waals surface area contributed by atoms with Crippen LogP contribution in [0.15, 0.2) is 34.9 Å². The first kappa shape index (κ1) is 14.5. The second-order valence-electron chi connectivity index (χ2n) is 4.20. The van der Waals surface area contributed by atoms with Gasteiger partial charge in [-0.1, -0.05) is 19.1 Å². The highest BCUT2D eigenvalue weighted by Gasteiger charge is 2.04. The van der Waals surface area contributed by atoms with E-state index in [1.165, 1.54) is 12.1 Å². The lowest BCUT2D eigenvalue weighted by atomic mass is 10.2. The number of rotatable bonds is 7. The Bertz CT molecular complexity index is 526. The Labute approximate surface area is 115 Å². The molecule has 1 aromatic heterocycles. The number of alkyl halides is 2. The molecular formula is C14H16F2N2O2. The number of nitrogens with zero attached hydrogens (tertiary/aromatic N) is 1. The molecule has 0 spiro atoms. The summed E-state index contributed by atoms with van der Waals surface area (Å²) < 4.78 is 33.7. The Morgan fingerprint density at radius 1 is 1.25 bits per heavy atom. The Morgan fingerprint density at radius 2 is 2.00 bits per heavy atom. The molecule has 0 aliphatic carbocycles. The summed E-state index contributed by atoms with van der Waals surface area (Å²) in [4.78, 5) is 4.13. The summed E-state index contributed by atoms with van der Waals surface area (Å²) >= 11 is 0. The van der Waals surface area contributed by atoms with Gasteiger partial charge in [-0.2, -0.15) is 8.78 Å². The van der Waals surface area contributed by atoms with Gasteiger partial charge in [-0.25, -0.2) is 4.98 Å². The predicted molar refractivity (Wildman–Crippen MR) is 69.5 cm³/mol. The first-order valence-electron chi connectivity index (χ1n) is 6.35. The fourth-order valence-corrected chi connectivity index (χ4v) is 1.70. The molecule has 0 amide bonds. The lowest BCUT2D eigenvalue weighted by Crippen LogP contribution is -2.12. The van der Waals surface area contributed by atoms with Gasteiger partial charge in [0.15, 0.2) is 0 Å². The van der Waals surface area contributed by atoms with Gasteiger partial charge < -0.3 is 14.5 Å². The van der Waals surface area contributed by atoms with Gasteiger partial charge >= 0.3 is 6.61 Å². The summed E-state index contributed by atoms with van der Waals surface area (Å²) in [5.74, 6) is 1.65. The molecule has 2 aromatic rings. The summed E-state index contributed by atoms with van der Waals surface area (Å²) in [6.07, 6.45) is 2.53. The van der Waals surface area contributed by atoms with Crippen molar-refractivity contribution in [3.63, 3.8) is 0 Å². The van der Waals surface area contributed by atoms with Gasteiger partial charge in [0.25, 0.3) is 0 Å². The highest BCUT2D eigenvalue weighted by molar-refractivity contribution is 5.27. The quantitative estimate of drug-likeness (QED) is 0.847. The first-order chi connectivity index (χ1) is 9.67. The van der Waals surface area contributed by atoms with Gasteiger partial charge in [0.05, 0.1) is 12.7 Å². The van der Waals surface area contributed by atoms with Crippen LogP contribution in [0.1, 0.15) is 24.1 Å². The third-order valence-corrected chi connectivity index (χ3v) is 2.70. The van der Waals surface area contributed by atoms with Gasteiger partial charge in [-0.05, 0) is 17.7 Å². The summed E-state index contributed by atoms with van der Waals surface area (Å²) in [6.45, 7) is 0.325. The van der Waals surface area contributed by atoms with Crippen molar-refractivity contribution in [3.8, 4) is 5.75 Å². The summed E-state index contributed by atoms with van der Waals surface area (Å²) in [5.41, 5.74) is 0.967. The van der Waals surface area contributed by atoms with E-state index in [1.54, 1.807) is 18.3 Å². The number of benzene rings is 1. The molecule has 0 aliphatic heterocycles. The molecule has 0 atom stereocenters. The highest BCUT2D eigenvalue weighted by Crippen LogP contribution is 2.14. The van der Waals surface area contributed by atoms with Gasteiger partial charge in [0, 0.05) is 13.0 Å². The van der Waals surface area contributed by atoms with Crippen molar-refractivity contribution in [3.05, 3.63) is 47.7 Å². The van der Waals surface area contributed by atoms with Crippen molar-refractivity contribution in [2.75, 3.05) is 0 Å². The molecule has 1 aromatic carbocycles. The predicted octanol–water partition coefficient (Wildman–Crippen LogP) is 3.13. The summed E-state index contributed by atoms with van der Waals surface area (Å²) in [5, 5.41) is 3.17. The molecule has 20 heavy (non-hydrogen) atoms. The van der Waals surface area contributed by atoms with E-state index in [0.717, 1.165) is 17.7 Å². The minimum Gasteiger partial charge on any atom is -0.444 e. The van der Waals surface area contributed by atoms with Crippen LogP contribution in [-0.2, 0) is 19.5 Å². The van der Waals surface area contributed by atoms with Crippen molar-refractivity contribution >= 4 is 0 Å². The molecule has 1 heterocycles. The standard InChI is InChI=1S/C14H16F2N2O2/c1-2-11-8-18-13(19-11)9-17-7-10-3-5-12(6-4-10)20-14(15)16/h3-6,8,14,17H,2,7,9H2,1H3. The average Bonchev–Trinajstić information content (AvgIpc) is 2.88. The Kier molecular flexibility index (Phi) is 5.06. The molecular weight excluding hydrogens is 266 g/mol. The van der Waals surface area contributed by atoms with Crippen LogP contribution in [0, 0.1) is 0 Å². The van der Waals surface area contributed by atoms with Gasteiger partial charge in [-0.15, -0.1) is 0 Å². The van der Waals surface area contributed by atoms with Gasteiger partial charge in [-0.3, -0.25) is 0 Å². The number of halogens is 2. The van der Waals surface area contributed by atoms with Crippen LogP contribution in [0.5, 0.6) is 5.75 Å². The molecule has 0 unspecified atom stereocenters. The molecule has 1 N–H and O–H groups in total. The topological polar surface area (TPSA) is 47.3 Å². The van der Waals surface area contributed by atoms with Gasteiger partial charge in [0.2, 0.25) is 5.89 Å². The van der Waals surface area contributed by atoms with E-state index in [-0.39, 0.29) is 5.75 Å². The number of aryl methyl sites for hydroxylation is 1. The lowest BCUT2D eigenvalue weighted by Gasteiger charge is -2.06. The zero-order valence-corrected chi connectivity index (χ0v) is 11.1. The van der Waals surface area contributed by atoms with Crippen LogP contribution >= 0.6 is 0 Å². The zero-order chi connectivity index (χ0) is 14.4. The average molecular weight is 282 g/mol. The van der Waals surface area contributed by atoms with Gasteiger partial charge in [0.1, 0.15) is 11.5 Å². The normalized spacial score (nSPS) is 11.0. The maximum Gasteiger partial charge on any atom is 0.387 e. The number of hydrogen-bond donors (Lipinski definition) is 1. The molecule has 4 nitrogen and oxygen atoms in total. The van der Waals surface area contributed by atoms with Crippen molar-refractivity contribution < 1.29 is 17.9 Å². The van der Waals surface area contributed by atoms with Crippen LogP contribution in [0.25, 0.3) is 0 Å². The smallest absolute Gasteiger partial charge is 0.387 e. The number of nitrogens with one attached hydrogen (secondary N) is 1. The molecule has 6 heteroatoms. The molecule has 108 valence electrons. The van der Waals surface area contributed by atoms with Crippen LogP contribution in [0.2, 0.25) is 0 Å². The van der Waals surface area contributed by atoms with Crippen molar-refractivity contribution in [1.82, 2.24) is 10.3 Å². The second-order valence-corrected chi connectivity index (χ2v) is 4.20. The summed E-state index contributed by atoms with van der Waals surface area (Å²) in [7, 11) is 0. The van der Waals surface area contributed by atoms with Crippen LogP contribution in [0.3, 0.4) is 0 Å². The van der Waals surface area contributed by atoms with E-state index >= 15 is 0 Å². The van der Waals surface area contributed by atoms with E-state index in [4.69, 9.17) is 4.42 Å². The van der Waals surface area contributed by atoms with Crippen molar-refractivity contribution in [2.45, 2.75) is 33.0 Å². The Balaban J connectivity index is 1.79. The lowest BCUT2D eigenvalue weighted by molar-refractivity contribution is -0.0498. The third-order valence-electron chi connectivity index (χ3n) is 2.70. The zero-order valence-electron chi connectivity index (χ0n) is 11.1. The maximum absolute atomic E-state index is 12.0. The van der Waals surface area contributed by atoms with E-state index in [0.29, 0.717) is 19.0 Å². The van der Waals surface area contributed by atoms with Crippen molar-refractivity contribution in [2.24, 2.45) is 0 Å². The number of oxazole rings is 1. The first-order valence-corrected chi connectivity index (χ1v) is 6.35. The Morgan fingerprint density at radius 3 is 2.60 bits per heavy atom. The molecule has 0 bridgehead atoms. The molecule has 0 aliphatic rings. The van der Waals surface area contributed by atoms with E-state index in [2.05, 4.69) is 15.0 Å². The third kappa shape index (κ3) is 4.31. The largest absolute Gasteiger partial charge is 0.444 e. The molecule has 0 saturated carbocycles. The minimum atomic E-state index is -2.79. The molecule has 0 saturated heterocycles. The Hall–Kier alpha value is -1.95. The molecule has 0 fully saturated rings. The van der Waals surface area contributed by atoms with Crippen molar-refractivity contribution in [1.29, 1.82) is 0 Å². The number of aromatic nitrogens is 1. The number of ether oxygens (including phenoxy) is 1. The SMILES string of the molecule is CCc1cnc(CNCc2ccc(OC(F)F)cc2)o1. The molecule has 0 radical (unpaired) electrons. The highest BCUT2D eigenvalue weighted by atomic mass is 19.3. The van der Waals surface area contributed by atoms with Crippen LogP contribution in [0.4, 0.5) is 8.78 Å². The molecule has 2 rings (SSSR count). The summed E-state index contributed by atoms with van der Waals surface area (Å²) in [6, 6.07) is 6.50. The van der Waals surface area contributed by atoms with E-state index < -0.39 is 6.61 Å². The van der Waals surface area contributed by atoms with E-state index in [9.17, 15) is 8.78 Å². The fourth-order valence-electron chi connectivity index (χ4n) is 1.70. The van der Waals surface area contributed by atoms with E-state index in [1.807, 2.05) is 6.92 Å². The minimum absolute atomic E-state index is 0.157. The maximum atomic E-state index is 12.0. The fraction of sp³-hybridized carbons (Fsp3) is 0.357. The van der Waals surface area contributed by atoms with Crippen LogP contribution in [-0.4, -0.2) is 11.6 Å². The second kappa shape index (κ2) is 7.00. The monoisotopic (exact) mass is 282 g/mol.